The summed E-state index contributed by atoms with van der Waals surface area (Å²) < 4.78 is 32.1. The highest BCUT2D eigenvalue weighted by atomic mass is 19.2. The Labute approximate surface area is 110 Å². The predicted molar refractivity (Wildman–Crippen MR) is 65.8 cm³/mol. The van der Waals surface area contributed by atoms with Gasteiger partial charge >= 0.3 is 0 Å². The number of rotatable bonds is 3. The smallest absolute Gasteiger partial charge is 0.234 e. The number of nitrogens with one attached hydrogen (secondary N) is 1. The molecule has 19 heavy (non-hydrogen) atoms. The summed E-state index contributed by atoms with van der Waals surface area (Å²) in [4.78, 5) is 13.2. The van der Waals surface area contributed by atoms with Gasteiger partial charge in [0.1, 0.15) is 5.75 Å². The second kappa shape index (κ2) is 5.97. The van der Waals surface area contributed by atoms with Crippen LogP contribution in [0, 0.1) is 11.6 Å². The molecule has 1 heterocycles. The topological polar surface area (TPSA) is 41.6 Å². The molecule has 1 amide bonds. The van der Waals surface area contributed by atoms with Gasteiger partial charge in [0.05, 0.1) is 13.7 Å². The van der Waals surface area contributed by atoms with E-state index in [0.717, 1.165) is 12.5 Å². The van der Waals surface area contributed by atoms with Crippen molar-refractivity contribution in [2.45, 2.75) is 13.0 Å². The van der Waals surface area contributed by atoms with Crippen LogP contribution in [0.25, 0.3) is 0 Å². The fourth-order valence-electron chi connectivity index (χ4n) is 2.14. The number of hydrogen-bond donors (Lipinski definition) is 1. The third-order valence-electron chi connectivity index (χ3n) is 3.10. The molecule has 0 saturated carbocycles. The second-order valence-electron chi connectivity index (χ2n) is 4.46. The molecular formula is C13H16F2N2O2. The van der Waals surface area contributed by atoms with Gasteiger partial charge in [0.25, 0.3) is 0 Å². The molecule has 1 aromatic rings. The molecule has 1 N–H and O–H groups in total. The maximum absolute atomic E-state index is 13.8. The zero-order valence-electron chi connectivity index (χ0n) is 10.7. The van der Waals surface area contributed by atoms with E-state index in [2.05, 4.69) is 5.32 Å². The lowest BCUT2D eigenvalue weighted by Gasteiger charge is -2.20. The summed E-state index contributed by atoms with van der Waals surface area (Å²) in [6.07, 6.45) is 0.783. The lowest BCUT2D eigenvalue weighted by Crippen LogP contribution is -2.33. The molecule has 1 aliphatic heterocycles. The van der Waals surface area contributed by atoms with E-state index in [9.17, 15) is 13.6 Å². The number of carbonyl (C=O) groups is 1. The van der Waals surface area contributed by atoms with Gasteiger partial charge in [-0.2, -0.15) is 0 Å². The van der Waals surface area contributed by atoms with Crippen LogP contribution in [0.4, 0.5) is 8.78 Å². The van der Waals surface area contributed by atoms with E-state index in [0.29, 0.717) is 18.8 Å². The molecule has 0 aromatic heterocycles. The van der Waals surface area contributed by atoms with Crippen LogP contribution in [0.15, 0.2) is 12.1 Å². The fraction of sp³-hybridized carbons (Fsp3) is 0.462. The Hall–Kier alpha value is -1.69. The first kappa shape index (κ1) is 13.7. The summed E-state index contributed by atoms with van der Waals surface area (Å²) in [5.41, 5.74) is 0.150. The molecule has 1 saturated heterocycles. The summed E-state index contributed by atoms with van der Waals surface area (Å²) in [5.74, 6) is -1.63. The highest BCUT2D eigenvalue weighted by Crippen LogP contribution is 2.25. The Kier molecular flexibility index (Phi) is 4.31. The van der Waals surface area contributed by atoms with E-state index in [4.69, 9.17) is 4.74 Å². The Balaban J connectivity index is 2.21. The van der Waals surface area contributed by atoms with Gasteiger partial charge in [-0.1, -0.05) is 0 Å². The third kappa shape index (κ3) is 3.20. The molecule has 104 valence electrons. The number of methoxy groups -OCH3 is 1. The SMILES string of the molecule is COc1ccc(F)c(F)c1CN1CCCNC(=O)C1. The molecule has 0 unspecified atom stereocenters. The zero-order chi connectivity index (χ0) is 13.8. The minimum absolute atomic E-state index is 0.103. The van der Waals surface area contributed by atoms with Crippen LogP contribution in [0.5, 0.6) is 5.75 Å². The van der Waals surface area contributed by atoms with Gasteiger partial charge in [-0.25, -0.2) is 8.78 Å². The standard InChI is InChI=1S/C13H16F2N2O2/c1-19-11-4-3-10(14)13(15)9(11)7-17-6-2-5-16-12(18)8-17/h3-4H,2,5-8H2,1H3,(H,16,18). The second-order valence-corrected chi connectivity index (χ2v) is 4.46. The van der Waals surface area contributed by atoms with Crippen LogP contribution in [-0.4, -0.2) is 37.6 Å². The van der Waals surface area contributed by atoms with Crippen LogP contribution in [0.3, 0.4) is 0 Å². The first-order valence-electron chi connectivity index (χ1n) is 6.11. The number of halogens is 2. The molecule has 0 spiro atoms. The molecule has 6 heteroatoms. The Morgan fingerprint density at radius 1 is 1.42 bits per heavy atom. The average Bonchev–Trinajstić information content (AvgIpc) is 2.60. The van der Waals surface area contributed by atoms with Crippen molar-refractivity contribution in [3.05, 3.63) is 29.3 Å². The van der Waals surface area contributed by atoms with Crippen LogP contribution < -0.4 is 10.1 Å². The van der Waals surface area contributed by atoms with Crippen LogP contribution in [0.2, 0.25) is 0 Å². The normalized spacial score (nSPS) is 16.9. The maximum atomic E-state index is 13.8. The number of nitrogens with zero attached hydrogens (tertiary/aromatic N) is 1. The van der Waals surface area contributed by atoms with Gasteiger partial charge in [-0.15, -0.1) is 0 Å². The van der Waals surface area contributed by atoms with Crippen molar-refractivity contribution in [2.24, 2.45) is 0 Å². The average molecular weight is 270 g/mol. The molecular weight excluding hydrogens is 254 g/mol. The van der Waals surface area contributed by atoms with Crippen molar-refractivity contribution in [1.29, 1.82) is 0 Å². The van der Waals surface area contributed by atoms with E-state index in [1.165, 1.54) is 13.2 Å². The Bertz CT molecular complexity index is 480. The van der Waals surface area contributed by atoms with E-state index in [1.807, 2.05) is 0 Å². The van der Waals surface area contributed by atoms with E-state index in [1.54, 1.807) is 4.90 Å². The molecule has 0 bridgehead atoms. The summed E-state index contributed by atoms with van der Waals surface area (Å²) in [6.45, 7) is 1.59. The number of benzene rings is 1. The fourth-order valence-corrected chi connectivity index (χ4v) is 2.14. The van der Waals surface area contributed by atoms with Crippen molar-refractivity contribution in [3.63, 3.8) is 0 Å². The van der Waals surface area contributed by atoms with Gasteiger partial charge < -0.3 is 10.1 Å². The molecule has 0 radical (unpaired) electrons. The van der Waals surface area contributed by atoms with Crippen molar-refractivity contribution < 1.29 is 18.3 Å². The Morgan fingerprint density at radius 2 is 2.21 bits per heavy atom. The van der Waals surface area contributed by atoms with Crippen molar-refractivity contribution in [2.75, 3.05) is 26.7 Å². The first-order chi connectivity index (χ1) is 9.11. The molecule has 1 aromatic carbocycles. The highest BCUT2D eigenvalue weighted by molar-refractivity contribution is 5.78. The summed E-state index contributed by atoms with van der Waals surface area (Å²) >= 11 is 0. The lowest BCUT2D eigenvalue weighted by atomic mass is 10.1. The minimum atomic E-state index is -0.913. The summed E-state index contributed by atoms with van der Waals surface area (Å²) in [6, 6.07) is 2.43. The summed E-state index contributed by atoms with van der Waals surface area (Å²) in [5, 5.41) is 2.74. The molecule has 1 fully saturated rings. The quantitative estimate of drug-likeness (QED) is 0.900. The van der Waals surface area contributed by atoms with E-state index >= 15 is 0 Å². The highest BCUT2D eigenvalue weighted by Gasteiger charge is 2.20. The van der Waals surface area contributed by atoms with Crippen LogP contribution in [-0.2, 0) is 11.3 Å². The van der Waals surface area contributed by atoms with Crippen molar-refractivity contribution in [3.8, 4) is 5.75 Å². The molecule has 1 aliphatic rings. The number of ether oxygens (including phenoxy) is 1. The number of carbonyl (C=O) groups excluding carboxylic acids is 1. The lowest BCUT2D eigenvalue weighted by molar-refractivity contribution is -0.121. The monoisotopic (exact) mass is 270 g/mol. The van der Waals surface area contributed by atoms with Crippen molar-refractivity contribution in [1.82, 2.24) is 10.2 Å². The molecule has 0 aliphatic carbocycles. The van der Waals surface area contributed by atoms with Gasteiger partial charge in [0.15, 0.2) is 11.6 Å². The number of hydrogen-bond acceptors (Lipinski definition) is 3. The van der Waals surface area contributed by atoms with Gasteiger partial charge in [0.2, 0.25) is 5.91 Å². The van der Waals surface area contributed by atoms with Gasteiger partial charge in [0, 0.05) is 25.2 Å². The largest absolute Gasteiger partial charge is 0.496 e. The summed E-state index contributed by atoms with van der Waals surface area (Å²) in [7, 11) is 1.41. The van der Waals surface area contributed by atoms with E-state index < -0.39 is 11.6 Å². The zero-order valence-corrected chi connectivity index (χ0v) is 10.7. The molecule has 2 rings (SSSR count). The van der Waals surface area contributed by atoms with Gasteiger partial charge in [-0.05, 0) is 18.6 Å². The van der Waals surface area contributed by atoms with Crippen LogP contribution in [0.1, 0.15) is 12.0 Å². The number of amides is 1. The van der Waals surface area contributed by atoms with Gasteiger partial charge in [-0.3, -0.25) is 9.69 Å². The van der Waals surface area contributed by atoms with Crippen LogP contribution >= 0.6 is 0 Å². The van der Waals surface area contributed by atoms with E-state index in [-0.39, 0.29) is 24.6 Å². The van der Waals surface area contributed by atoms with Crippen molar-refractivity contribution >= 4 is 5.91 Å². The third-order valence-corrected chi connectivity index (χ3v) is 3.10. The predicted octanol–water partition coefficient (Wildman–Crippen LogP) is 1.30. The molecule has 4 nitrogen and oxygen atoms in total. The minimum Gasteiger partial charge on any atom is -0.496 e. The Morgan fingerprint density at radius 3 is 2.95 bits per heavy atom. The molecule has 0 atom stereocenters. The maximum Gasteiger partial charge on any atom is 0.234 e. The first-order valence-corrected chi connectivity index (χ1v) is 6.11.